The third-order valence-corrected chi connectivity index (χ3v) is 9.58. The van der Waals surface area contributed by atoms with Crippen molar-refractivity contribution in [1.29, 1.82) is 0 Å². The molecule has 0 aliphatic carbocycles. The second kappa shape index (κ2) is 13.0. The van der Waals surface area contributed by atoms with Gasteiger partial charge in [0.25, 0.3) is 0 Å². The highest BCUT2D eigenvalue weighted by molar-refractivity contribution is 4.94. The van der Waals surface area contributed by atoms with Gasteiger partial charge in [0.2, 0.25) is 0 Å². The normalized spacial score (nSPS) is 18.3. The summed E-state index contributed by atoms with van der Waals surface area (Å²) in [5, 5.41) is 0. The summed E-state index contributed by atoms with van der Waals surface area (Å²) in [7, 11) is 4.39. The van der Waals surface area contributed by atoms with Crippen LogP contribution in [0, 0.1) is 33.5 Å². The Morgan fingerprint density at radius 3 is 1.74 bits per heavy atom. The van der Waals surface area contributed by atoms with Gasteiger partial charge in [-0.1, -0.05) is 108 Å². The van der Waals surface area contributed by atoms with Gasteiger partial charge in [-0.15, -0.1) is 0 Å². The molecule has 0 aliphatic rings. The maximum absolute atomic E-state index is 2.62. The highest BCUT2D eigenvalue weighted by Crippen LogP contribution is 2.54. The van der Waals surface area contributed by atoms with Crippen molar-refractivity contribution in [3.63, 3.8) is 0 Å². The largest absolute Gasteiger partial charge is 0.309 e. The molecule has 0 amide bonds. The molecule has 1 heteroatoms. The van der Waals surface area contributed by atoms with Crippen LogP contribution in [0.3, 0.4) is 0 Å². The molecule has 1 nitrogen and oxygen atoms in total. The molecule has 188 valence electrons. The Balaban J connectivity index is 5.25. The van der Waals surface area contributed by atoms with Crippen molar-refractivity contribution in [2.45, 2.75) is 140 Å². The van der Waals surface area contributed by atoms with Gasteiger partial charge in [0.1, 0.15) is 0 Å². The fourth-order valence-corrected chi connectivity index (χ4v) is 5.58. The first-order valence-corrected chi connectivity index (χ1v) is 13.7. The number of rotatable bonds is 17. The van der Waals surface area contributed by atoms with Crippen molar-refractivity contribution in [3.05, 3.63) is 0 Å². The lowest BCUT2D eigenvalue weighted by atomic mass is 9.55. The van der Waals surface area contributed by atoms with Crippen LogP contribution >= 0.6 is 0 Å². The van der Waals surface area contributed by atoms with Gasteiger partial charge in [-0.05, 0) is 86.2 Å². The van der Waals surface area contributed by atoms with Gasteiger partial charge >= 0.3 is 0 Å². The topological polar surface area (TPSA) is 3.24 Å². The van der Waals surface area contributed by atoms with E-state index in [4.69, 9.17) is 0 Å². The summed E-state index contributed by atoms with van der Waals surface area (Å²) in [5.74, 6) is 1.64. The lowest BCUT2D eigenvalue weighted by molar-refractivity contribution is 0.00331. The summed E-state index contributed by atoms with van der Waals surface area (Å²) < 4.78 is 0. The summed E-state index contributed by atoms with van der Waals surface area (Å²) >= 11 is 0. The molecule has 0 saturated heterocycles. The van der Waals surface area contributed by atoms with Gasteiger partial charge in [-0.2, -0.15) is 0 Å². The first kappa shape index (κ1) is 31.0. The van der Waals surface area contributed by atoms with E-state index in [1.807, 2.05) is 0 Å². The third-order valence-electron chi connectivity index (χ3n) is 9.58. The van der Waals surface area contributed by atoms with Crippen molar-refractivity contribution in [2.75, 3.05) is 20.6 Å². The van der Waals surface area contributed by atoms with Crippen LogP contribution in [0.25, 0.3) is 0 Å². The second-order valence-electron chi connectivity index (χ2n) is 13.6. The summed E-state index contributed by atoms with van der Waals surface area (Å²) in [4.78, 5) is 2.33. The highest BCUT2D eigenvalue weighted by atomic mass is 15.0. The van der Waals surface area contributed by atoms with Gasteiger partial charge in [-0.25, -0.2) is 0 Å². The van der Waals surface area contributed by atoms with E-state index in [0.29, 0.717) is 21.7 Å². The van der Waals surface area contributed by atoms with E-state index < -0.39 is 0 Å². The van der Waals surface area contributed by atoms with E-state index in [0.717, 1.165) is 11.8 Å². The lowest BCUT2D eigenvalue weighted by Crippen LogP contribution is -2.40. The Morgan fingerprint density at radius 1 is 0.742 bits per heavy atom. The minimum absolute atomic E-state index is 0.388. The fourth-order valence-electron chi connectivity index (χ4n) is 5.58. The van der Waals surface area contributed by atoms with E-state index in [9.17, 15) is 0 Å². The molecular weight excluding hydrogens is 374 g/mol. The predicted octanol–water partition coefficient (Wildman–Crippen LogP) is 9.85. The quantitative estimate of drug-likeness (QED) is 0.219. The van der Waals surface area contributed by atoms with Crippen LogP contribution in [0.4, 0.5) is 0 Å². The first-order valence-electron chi connectivity index (χ1n) is 13.7. The van der Waals surface area contributed by atoms with Crippen molar-refractivity contribution in [3.8, 4) is 0 Å². The van der Waals surface area contributed by atoms with Gasteiger partial charge in [0.15, 0.2) is 0 Å². The molecule has 0 aliphatic heterocycles. The molecule has 0 spiro atoms. The highest BCUT2D eigenvalue weighted by Gasteiger charge is 2.43. The molecule has 0 N–H and O–H groups in total. The van der Waals surface area contributed by atoms with Crippen molar-refractivity contribution < 1.29 is 0 Å². The van der Waals surface area contributed by atoms with Gasteiger partial charge in [-0.3, -0.25) is 0 Å². The Labute approximate surface area is 199 Å². The van der Waals surface area contributed by atoms with Crippen LogP contribution in [0.1, 0.15) is 140 Å². The minimum atomic E-state index is 0.388. The maximum atomic E-state index is 2.62. The van der Waals surface area contributed by atoms with Crippen LogP contribution in [-0.2, 0) is 0 Å². The standard InChI is InChI=1S/C30H63N/c1-14-26(29(10,15-2)21-18-25(4)5)24-30(11,16-3)28(8,9)20-17-19-27(6,7)22-23-31(12)13/h25-26H,14-24H2,1-13H3. The van der Waals surface area contributed by atoms with E-state index >= 15 is 0 Å². The smallest absolute Gasteiger partial charge is 0.00197 e. The number of hydrogen-bond donors (Lipinski definition) is 0. The average molecular weight is 438 g/mol. The van der Waals surface area contributed by atoms with Crippen LogP contribution in [0.2, 0.25) is 0 Å². The van der Waals surface area contributed by atoms with E-state index in [1.54, 1.807) is 0 Å². The summed E-state index contributed by atoms with van der Waals surface area (Å²) in [5.41, 5.74) is 1.74. The molecular formula is C30H63N. The van der Waals surface area contributed by atoms with Crippen LogP contribution < -0.4 is 0 Å². The zero-order chi connectivity index (χ0) is 24.5. The van der Waals surface area contributed by atoms with E-state index in [1.165, 1.54) is 70.8 Å². The molecule has 3 atom stereocenters. The average Bonchev–Trinajstić information content (AvgIpc) is 2.68. The summed E-state index contributed by atoms with van der Waals surface area (Å²) in [6.07, 6.45) is 13.5. The molecule has 0 heterocycles. The van der Waals surface area contributed by atoms with Crippen molar-refractivity contribution >= 4 is 0 Å². The SMILES string of the molecule is CCC(CC(C)(CC)C(C)(C)CCCC(C)(C)CCN(C)C)C(C)(CC)CCC(C)C. The monoisotopic (exact) mass is 437 g/mol. The van der Waals surface area contributed by atoms with Crippen LogP contribution in [0.5, 0.6) is 0 Å². The molecule has 0 rings (SSSR count). The molecule has 0 bridgehead atoms. The molecule has 0 saturated carbocycles. The van der Waals surface area contributed by atoms with Gasteiger partial charge in [0, 0.05) is 0 Å². The Kier molecular flexibility index (Phi) is 13.0. The second-order valence-corrected chi connectivity index (χ2v) is 13.6. The van der Waals surface area contributed by atoms with Gasteiger partial charge < -0.3 is 4.90 Å². The van der Waals surface area contributed by atoms with Crippen LogP contribution in [0.15, 0.2) is 0 Å². The van der Waals surface area contributed by atoms with E-state index in [-0.39, 0.29) is 0 Å². The first-order chi connectivity index (χ1) is 14.1. The van der Waals surface area contributed by atoms with Crippen LogP contribution in [-0.4, -0.2) is 25.5 Å². The Morgan fingerprint density at radius 2 is 1.32 bits per heavy atom. The zero-order valence-electron chi connectivity index (χ0n) is 24.4. The Bertz CT molecular complexity index is 475. The molecule has 0 aromatic carbocycles. The molecule has 0 fully saturated rings. The minimum Gasteiger partial charge on any atom is -0.309 e. The summed E-state index contributed by atoms with van der Waals surface area (Å²) in [6.45, 7) is 28.6. The molecule has 0 aromatic rings. The molecule has 3 unspecified atom stereocenters. The number of nitrogens with zero attached hydrogens (tertiary/aromatic N) is 1. The fraction of sp³-hybridized carbons (Fsp3) is 1.00. The third kappa shape index (κ3) is 10.2. The number of hydrogen-bond acceptors (Lipinski definition) is 1. The Hall–Kier alpha value is -0.0400. The molecule has 0 aromatic heterocycles. The zero-order valence-corrected chi connectivity index (χ0v) is 24.4. The molecule has 31 heavy (non-hydrogen) atoms. The molecule has 0 radical (unpaired) electrons. The van der Waals surface area contributed by atoms with Crippen molar-refractivity contribution in [2.24, 2.45) is 33.5 Å². The van der Waals surface area contributed by atoms with Gasteiger partial charge in [0.05, 0.1) is 0 Å². The maximum Gasteiger partial charge on any atom is -0.00197 e. The van der Waals surface area contributed by atoms with Crippen molar-refractivity contribution in [1.82, 2.24) is 4.90 Å². The summed E-state index contributed by atoms with van der Waals surface area (Å²) in [6, 6.07) is 0. The van der Waals surface area contributed by atoms with E-state index in [2.05, 4.69) is 95.2 Å². The predicted molar refractivity (Wildman–Crippen MR) is 144 cm³/mol. The lowest BCUT2D eigenvalue weighted by Gasteiger charge is -2.50.